The Labute approximate surface area is 82.5 Å². The predicted octanol–water partition coefficient (Wildman–Crippen LogP) is 1.16. The van der Waals surface area contributed by atoms with Gasteiger partial charge in [-0.05, 0) is 12.1 Å². The molecule has 0 unspecified atom stereocenters. The number of carboxylic acid groups (broad SMARTS) is 1. The zero-order chi connectivity index (χ0) is 10.4. The molecule has 0 aliphatic rings. The number of aliphatic carboxylic acids is 1. The summed E-state index contributed by atoms with van der Waals surface area (Å²) in [6, 6.07) is 5.60. The van der Waals surface area contributed by atoms with E-state index in [1.165, 1.54) is 0 Å². The standard InChI is InChI=1S/C10H12N2O2/c1-12(8-4-6-10(13)14)9-5-2-3-7-11-9/h2-7H,8H2,1H3,(H,13,14)/b6-4+. The highest BCUT2D eigenvalue weighted by Crippen LogP contribution is 2.05. The predicted molar refractivity (Wildman–Crippen MR) is 54.3 cm³/mol. The third kappa shape index (κ3) is 3.26. The van der Waals surface area contributed by atoms with E-state index in [-0.39, 0.29) is 0 Å². The molecule has 0 fully saturated rings. The second kappa shape index (κ2) is 5.01. The van der Waals surface area contributed by atoms with Gasteiger partial charge in [0.25, 0.3) is 0 Å². The van der Waals surface area contributed by atoms with Crippen molar-refractivity contribution in [2.24, 2.45) is 0 Å². The Hall–Kier alpha value is -1.84. The molecule has 0 aliphatic carbocycles. The van der Waals surface area contributed by atoms with Gasteiger partial charge in [0.05, 0.1) is 0 Å². The summed E-state index contributed by atoms with van der Waals surface area (Å²) in [5.41, 5.74) is 0. The molecule has 0 aliphatic heterocycles. The van der Waals surface area contributed by atoms with Crippen LogP contribution in [0.5, 0.6) is 0 Å². The summed E-state index contributed by atoms with van der Waals surface area (Å²) in [5.74, 6) is -0.109. The first-order valence-electron chi connectivity index (χ1n) is 4.22. The summed E-state index contributed by atoms with van der Waals surface area (Å²) in [6.45, 7) is 0.531. The first kappa shape index (κ1) is 10.2. The molecule has 0 saturated heterocycles. The fourth-order valence-corrected chi connectivity index (χ4v) is 0.985. The lowest BCUT2D eigenvalue weighted by Crippen LogP contribution is -2.17. The molecular formula is C10H12N2O2. The summed E-state index contributed by atoms with van der Waals surface area (Å²) in [6.07, 6.45) is 4.41. The van der Waals surface area contributed by atoms with Crippen LogP contribution < -0.4 is 4.90 Å². The van der Waals surface area contributed by atoms with E-state index in [0.717, 1.165) is 11.9 Å². The quantitative estimate of drug-likeness (QED) is 0.727. The molecule has 1 aromatic rings. The van der Waals surface area contributed by atoms with Gasteiger partial charge in [-0.15, -0.1) is 0 Å². The Morgan fingerprint density at radius 3 is 3.00 bits per heavy atom. The van der Waals surface area contributed by atoms with Gasteiger partial charge in [0.15, 0.2) is 0 Å². The average molecular weight is 192 g/mol. The van der Waals surface area contributed by atoms with E-state index < -0.39 is 5.97 Å². The van der Waals surface area contributed by atoms with Crippen molar-refractivity contribution in [2.45, 2.75) is 0 Å². The van der Waals surface area contributed by atoms with E-state index in [9.17, 15) is 4.79 Å². The zero-order valence-corrected chi connectivity index (χ0v) is 7.92. The number of anilines is 1. The number of carbonyl (C=O) groups is 1. The fourth-order valence-electron chi connectivity index (χ4n) is 0.985. The van der Waals surface area contributed by atoms with Crippen LogP contribution in [-0.2, 0) is 4.79 Å². The minimum Gasteiger partial charge on any atom is -0.478 e. The Bertz CT molecular complexity index is 322. The summed E-state index contributed by atoms with van der Waals surface area (Å²) in [4.78, 5) is 16.2. The first-order chi connectivity index (χ1) is 6.70. The van der Waals surface area contributed by atoms with Gasteiger partial charge in [-0.2, -0.15) is 0 Å². The van der Waals surface area contributed by atoms with Crippen LogP contribution in [0, 0.1) is 0 Å². The molecule has 0 aromatic carbocycles. The first-order valence-corrected chi connectivity index (χ1v) is 4.22. The van der Waals surface area contributed by atoms with Gasteiger partial charge in [0, 0.05) is 25.9 Å². The van der Waals surface area contributed by atoms with Crippen LogP contribution in [0.4, 0.5) is 5.82 Å². The maximum atomic E-state index is 10.2. The Balaban J connectivity index is 2.51. The van der Waals surface area contributed by atoms with Gasteiger partial charge in [0.2, 0.25) is 0 Å². The Kier molecular flexibility index (Phi) is 3.67. The van der Waals surface area contributed by atoms with Crippen LogP contribution in [0.2, 0.25) is 0 Å². The highest BCUT2D eigenvalue weighted by atomic mass is 16.4. The lowest BCUT2D eigenvalue weighted by Gasteiger charge is -2.14. The summed E-state index contributed by atoms with van der Waals surface area (Å²) in [7, 11) is 1.86. The van der Waals surface area contributed by atoms with Crippen molar-refractivity contribution in [2.75, 3.05) is 18.5 Å². The molecule has 4 heteroatoms. The molecule has 74 valence electrons. The van der Waals surface area contributed by atoms with Gasteiger partial charge in [-0.1, -0.05) is 12.1 Å². The van der Waals surface area contributed by atoms with Crippen LogP contribution in [0.3, 0.4) is 0 Å². The van der Waals surface area contributed by atoms with Crippen LogP contribution in [-0.4, -0.2) is 29.7 Å². The second-order valence-electron chi connectivity index (χ2n) is 2.81. The Morgan fingerprint density at radius 1 is 1.64 bits per heavy atom. The molecule has 4 nitrogen and oxygen atoms in total. The van der Waals surface area contributed by atoms with E-state index in [1.807, 2.05) is 30.1 Å². The average Bonchev–Trinajstić information content (AvgIpc) is 2.18. The number of hydrogen-bond donors (Lipinski definition) is 1. The van der Waals surface area contributed by atoms with E-state index in [2.05, 4.69) is 4.98 Å². The highest BCUT2D eigenvalue weighted by Gasteiger charge is 1.97. The summed E-state index contributed by atoms with van der Waals surface area (Å²) < 4.78 is 0. The number of rotatable bonds is 4. The maximum Gasteiger partial charge on any atom is 0.328 e. The van der Waals surface area contributed by atoms with Crippen LogP contribution in [0.25, 0.3) is 0 Å². The van der Waals surface area contributed by atoms with Crippen molar-refractivity contribution in [1.29, 1.82) is 0 Å². The van der Waals surface area contributed by atoms with Crippen LogP contribution in [0.1, 0.15) is 0 Å². The van der Waals surface area contributed by atoms with Crippen molar-refractivity contribution in [3.8, 4) is 0 Å². The lowest BCUT2D eigenvalue weighted by atomic mass is 10.4. The molecule has 0 amide bonds. The Morgan fingerprint density at radius 2 is 2.43 bits per heavy atom. The van der Waals surface area contributed by atoms with E-state index in [0.29, 0.717) is 6.54 Å². The van der Waals surface area contributed by atoms with Crippen LogP contribution >= 0.6 is 0 Å². The largest absolute Gasteiger partial charge is 0.478 e. The highest BCUT2D eigenvalue weighted by molar-refractivity contribution is 5.79. The lowest BCUT2D eigenvalue weighted by molar-refractivity contribution is -0.131. The van der Waals surface area contributed by atoms with Crippen LogP contribution in [0.15, 0.2) is 36.5 Å². The molecule has 0 saturated carbocycles. The molecule has 14 heavy (non-hydrogen) atoms. The minimum atomic E-state index is -0.931. The SMILES string of the molecule is CN(C/C=C/C(=O)O)c1ccccn1. The second-order valence-corrected chi connectivity index (χ2v) is 2.81. The molecule has 0 spiro atoms. The smallest absolute Gasteiger partial charge is 0.328 e. The van der Waals surface area contributed by atoms with Gasteiger partial charge in [-0.3, -0.25) is 0 Å². The number of aromatic nitrogens is 1. The normalized spacial score (nSPS) is 10.4. The van der Waals surface area contributed by atoms with Gasteiger partial charge < -0.3 is 10.0 Å². The topological polar surface area (TPSA) is 53.4 Å². The van der Waals surface area contributed by atoms with Gasteiger partial charge >= 0.3 is 5.97 Å². The molecule has 1 heterocycles. The van der Waals surface area contributed by atoms with Gasteiger partial charge in [0.1, 0.15) is 5.82 Å². The number of nitrogens with zero attached hydrogens (tertiary/aromatic N) is 2. The molecular weight excluding hydrogens is 180 g/mol. The maximum absolute atomic E-state index is 10.2. The van der Waals surface area contributed by atoms with Crippen molar-refractivity contribution in [3.63, 3.8) is 0 Å². The number of likely N-dealkylation sites (N-methyl/N-ethyl adjacent to an activating group) is 1. The molecule has 0 radical (unpaired) electrons. The van der Waals surface area contributed by atoms with Crippen molar-refractivity contribution < 1.29 is 9.90 Å². The summed E-state index contributed by atoms with van der Waals surface area (Å²) in [5, 5.41) is 8.38. The number of hydrogen-bond acceptors (Lipinski definition) is 3. The van der Waals surface area contributed by atoms with Crippen molar-refractivity contribution in [3.05, 3.63) is 36.5 Å². The molecule has 0 bridgehead atoms. The minimum absolute atomic E-state index is 0.531. The van der Waals surface area contributed by atoms with E-state index in [1.54, 1.807) is 12.3 Å². The fraction of sp³-hybridized carbons (Fsp3) is 0.200. The van der Waals surface area contributed by atoms with Gasteiger partial charge in [-0.25, -0.2) is 9.78 Å². The number of carboxylic acids is 1. The van der Waals surface area contributed by atoms with Crippen molar-refractivity contribution in [1.82, 2.24) is 4.98 Å². The third-order valence-corrected chi connectivity index (χ3v) is 1.68. The van der Waals surface area contributed by atoms with E-state index in [4.69, 9.17) is 5.11 Å². The molecule has 1 N–H and O–H groups in total. The number of pyridine rings is 1. The monoisotopic (exact) mass is 192 g/mol. The van der Waals surface area contributed by atoms with E-state index >= 15 is 0 Å². The van der Waals surface area contributed by atoms with Crippen molar-refractivity contribution >= 4 is 11.8 Å². The molecule has 1 aromatic heterocycles. The molecule has 0 atom stereocenters. The summed E-state index contributed by atoms with van der Waals surface area (Å²) >= 11 is 0. The zero-order valence-electron chi connectivity index (χ0n) is 7.92. The molecule has 1 rings (SSSR count). The third-order valence-electron chi connectivity index (χ3n) is 1.68.